The van der Waals surface area contributed by atoms with Gasteiger partial charge < -0.3 is 10.8 Å². The Morgan fingerprint density at radius 3 is 2.62 bits per heavy atom. The van der Waals surface area contributed by atoms with E-state index in [1.165, 1.54) is 6.92 Å². The molecule has 1 atom stereocenters. The van der Waals surface area contributed by atoms with Crippen LogP contribution in [0, 0.1) is 5.41 Å². The molecule has 0 fully saturated rings. The van der Waals surface area contributed by atoms with Crippen LogP contribution in [0.1, 0.15) is 18.9 Å². The zero-order valence-corrected chi connectivity index (χ0v) is 9.29. The van der Waals surface area contributed by atoms with Crippen LogP contribution in [0.3, 0.4) is 0 Å². The fraction of sp³-hybridized carbons (Fsp3) is 0.500. The summed E-state index contributed by atoms with van der Waals surface area (Å²) in [6, 6.07) is 6.65. The van der Waals surface area contributed by atoms with E-state index in [4.69, 9.17) is 5.73 Å². The lowest BCUT2D eigenvalue weighted by molar-refractivity contribution is 0.00755. The molecule has 0 spiro atoms. The molecular weight excluding hydrogens is 212 g/mol. The molecule has 1 aromatic rings. The van der Waals surface area contributed by atoms with Crippen molar-refractivity contribution in [1.82, 2.24) is 0 Å². The minimum Gasteiger partial charge on any atom is -0.508 e. The maximum absolute atomic E-state index is 12.7. The van der Waals surface area contributed by atoms with Gasteiger partial charge in [0.1, 0.15) is 5.75 Å². The van der Waals surface area contributed by atoms with E-state index in [9.17, 15) is 13.9 Å². The first kappa shape index (κ1) is 12.9. The van der Waals surface area contributed by atoms with Gasteiger partial charge in [-0.3, -0.25) is 0 Å². The fourth-order valence-electron chi connectivity index (χ4n) is 1.44. The Bertz CT molecular complexity index is 344. The monoisotopic (exact) mass is 229 g/mol. The Morgan fingerprint density at radius 2 is 2.12 bits per heavy atom. The highest BCUT2D eigenvalue weighted by molar-refractivity contribution is 5.27. The van der Waals surface area contributed by atoms with Gasteiger partial charge in [0.2, 0.25) is 6.43 Å². The standard InChI is InChI=1S/C12H17F2NO/c1-12(8-15,11(13)14)6-5-9-3-2-4-10(16)7-9/h2-4,7,11,16H,5-6,8,15H2,1H3. The van der Waals surface area contributed by atoms with Crippen molar-refractivity contribution in [2.75, 3.05) is 6.54 Å². The number of phenols is 1. The van der Waals surface area contributed by atoms with Crippen molar-refractivity contribution in [3.05, 3.63) is 29.8 Å². The Morgan fingerprint density at radius 1 is 1.44 bits per heavy atom. The summed E-state index contributed by atoms with van der Waals surface area (Å²) in [5.74, 6) is 0.156. The molecule has 1 aromatic carbocycles. The minimum absolute atomic E-state index is 0.0382. The molecule has 0 aliphatic rings. The molecule has 2 nitrogen and oxygen atoms in total. The van der Waals surface area contributed by atoms with E-state index in [1.54, 1.807) is 18.2 Å². The van der Waals surface area contributed by atoms with Gasteiger partial charge in [0.15, 0.2) is 0 Å². The molecular formula is C12H17F2NO. The summed E-state index contributed by atoms with van der Waals surface area (Å²) < 4.78 is 25.5. The van der Waals surface area contributed by atoms with Gasteiger partial charge in [-0.15, -0.1) is 0 Å². The van der Waals surface area contributed by atoms with Crippen LogP contribution in [0.25, 0.3) is 0 Å². The number of aromatic hydroxyl groups is 1. The molecule has 0 saturated carbocycles. The molecule has 1 unspecified atom stereocenters. The topological polar surface area (TPSA) is 46.2 Å². The summed E-state index contributed by atoms with van der Waals surface area (Å²) >= 11 is 0. The van der Waals surface area contributed by atoms with E-state index in [1.807, 2.05) is 6.07 Å². The van der Waals surface area contributed by atoms with Crippen LogP contribution in [0.4, 0.5) is 8.78 Å². The number of benzene rings is 1. The lowest BCUT2D eigenvalue weighted by atomic mass is 9.84. The molecule has 0 radical (unpaired) electrons. The first-order chi connectivity index (χ1) is 7.48. The van der Waals surface area contributed by atoms with Gasteiger partial charge in [-0.25, -0.2) is 8.78 Å². The number of alkyl halides is 2. The Kier molecular flexibility index (Phi) is 4.24. The summed E-state index contributed by atoms with van der Waals surface area (Å²) in [6.45, 7) is 1.45. The van der Waals surface area contributed by atoms with Gasteiger partial charge in [-0.05, 0) is 30.5 Å². The Labute approximate surface area is 94.1 Å². The van der Waals surface area contributed by atoms with Crippen LogP contribution >= 0.6 is 0 Å². The van der Waals surface area contributed by atoms with Gasteiger partial charge in [0.25, 0.3) is 0 Å². The van der Waals surface area contributed by atoms with Crippen LogP contribution in [0.2, 0.25) is 0 Å². The molecule has 0 amide bonds. The van der Waals surface area contributed by atoms with Crippen molar-refractivity contribution in [2.24, 2.45) is 11.1 Å². The van der Waals surface area contributed by atoms with Crippen molar-refractivity contribution in [3.63, 3.8) is 0 Å². The molecule has 0 bridgehead atoms. The zero-order valence-electron chi connectivity index (χ0n) is 9.29. The van der Waals surface area contributed by atoms with Crippen molar-refractivity contribution in [3.8, 4) is 5.75 Å². The second kappa shape index (κ2) is 5.25. The van der Waals surface area contributed by atoms with E-state index in [0.717, 1.165) is 5.56 Å². The summed E-state index contributed by atoms with van der Waals surface area (Å²) in [5.41, 5.74) is 5.07. The largest absolute Gasteiger partial charge is 0.508 e. The van der Waals surface area contributed by atoms with Gasteiger partial charge in [-0.2, -0.15) is 0 Å². The second-order valence-electron chi connectivity index (χ2n) is 4.33. The summed E-state index contributed by atoms with van der Waals surface area (Å²) in [4.78, 5) is 0. The van der Waals surface area contributed by atoms with Crippen LogP contribution in [0.5, 0.6) is 5.75 Å². The molecule has 0 aliphatic heterocycles. The molecule has 90 valence electrons. The predicted molar refractivity (Wildman–Crippen MR) is 59.6 cm³/mol. The minimum atomic E-state index is -2.42. The molecule has 3 N–H and O–H groups in total. The van der Waals surface area contributed by atoms with Crippen LogP contribution in [-0.4, -0.2) is 18.1 Å². The first-order valence-electron chi connectivity index (χ1n) is 5.24. The van der Waals surface area contributed by atoms with Gasteiger partial charge in [0, 0.05) is 12.0 Å². The van der Waals surface area contributed by atoms with E-state index in [2.05, 4.69) is 0 Å². The van der Waals surface area contributed by atoms with Crippen LogP contribution < -0.4 is 5.73 Å². The molecule has 4 heteroatoms. The Hall–Kier alpha value is -1.16. The number of rotatable bonds is 5. The molecule has 1 rings (SSSR count). The number of phenolic OH excluding ortho intramolecular Hbond substituents is 1. The second-order valence-corrected chi connectivity index (χ2v) is 4.33. The van der Waals surface area contributed by atoms with E-state index >= 15 is 0 Å². The smallest absolute Gasteiger partial charge is 0.245 e. The highest BCUT2D eigenvalue weighted by Gasteiger charge is 2.32. The van der Waals surface area contributed by atoms with Crippen molar-refractivity contribution in [2.45, 2.75) is 26.2 Å². The number of aryl methyl sites for hydroxylation is 1. The number of halogens is 2. The molecule has 0 aliphatic carbocycles. The van der Waals surface area contributed by atoms with E-state index in [0.29, 0.717) is 12.8 Å². The maximum Gasteiger partial charge on any atom is 0.245 e. The average molecular weight is 229 g/mol. The van der Waals surface area contributed by atoms with Crippen LogP contribution in [-0.2, 0) is 6.42 Å². The summed E-state index contributed by atoms with van der Waals surface area (Å²) in [6.07, 6.45) is -1.62. The van der Waals surface area contributed by atoms with Gasteiger partial charge in [0.05, 0.1) is 0 Å². The third-order valence-corrected chi connectivity index (χ3v) is 2.89. The molecule has 0 saturated heterocycles. The third kappa shape index (κ3) is 3.17. The van der Waals surface area contributed by atoms with Crippen molar-refractivity contribution < 1.29 is 13.9 Å². The predicted octanol–water partition coefficient (Wildman–Crippen LogP) is 2.55. The highest BCUT2D eigenvalue weighted by atomic mass is 19.3. The lowest BCUT2D eigenvalue weighted by Gasteiger charge is -2.26. The summed E-state index contributed by atoms with van der Waals surface area (Å²) in [7, 11) is 0. The van der Waals surface area contributed by atoms with Crippen molar-refractivity contribution in [1.29, 1.82) is 0 Å². The SMILES string of the molecule is CC(CN)(CCc1cccc(O)c1)C(F)F. The molecule has 0 heterocycles. The highest BCUT2D eigenvalue weighted by Crippen LogP contribution is 2.30. The Balaban J connectivity index is 2.63. The van der Waals surface area contributed by atoms with Crippen molar-refractivity contribution >= 4 is 0 Å². The molecule has 0 aromatic heterocycles. The normalized spacial score (nSPS) is 15.1. The van der Waals surface area contributed by atoms with Crippen LogP contribution in [0.15, 0.2) is 24.3 Å². The maximum atomic E-state index is 12.7. The molecule has 16 heavy (non-hydrogen) atoms. The summed E-state index contributed by atoms with van der Waals surface area (Å²) in [5, 5.41) is 9.24. The first-order valence-corrected chi connectivity index (χ1v) is 5.24. The average Bonchev–Trinajstić information content (AvgIpc) is 2.26. The van der Waals surface area contributed by atoms with Gasteiger partial charge in [-0.1, -0.05) is 19.1 Å². The lowest BCUT2D eigenvalue weighted by Crippen LogP contribution is -2.35. The number of hydrogen-bond donors (Lipinski definition) is 2. The van der Waals surface area contributed by atoms with Gasteiger partial charge >= 0.3 is 0 Å². The number of nitrogens with two attached hydrogens (primary N) is 1. The zero-order chi connectivity index (χ0) is 12.2. The van der Waals surface area contributed by atoms with E-state index in [-0.39, 0.29) is 12.3 Å². The van der Waals surface area contributed by atoms with E-state index < -0.39 is 11.8 Å². The number of hydrogen-bond acceptors (Lipinski definition) is 2. The quantitative estimate of drug-likeness (QED) is 0.815. The fourth-order valence-corrected chi connectivity index (χ4v) is 1.44. The third-order valence-electron chi connectivity index (χ3n) is 2.89.